The topological polar surface area (TPSA) is 9.23 Å². The Morgan fingerprint density at radius 1 is 1.11 bits per heavy atom. The molecule has 4 rings (SSSR count). The van der Waals surface area contributed by atoms with Gasteiger partial charge in [0, 0.05) is 5.92 Å². The van der Waals surface area contributed by atoms with E-state index in [1.165, 1.54) is 31.2 Å². The summed E-state index contributed by atoms with van der Waals surface area (Å²) in [6.07, 6.45) is 10.8. The molecule has 2 fully saturated rings. The SMILES string of the molecule is Cc1cccc(O[C@H]2CCC[C@H]3[C@H]2[C@H]2C=C[C@@H]3C2)c1. The fraction of sp³-hybridized carbons (Fsp3) is 0.556. The van der Waals surface area contributed by atoms with E-state index in [1.807, 2.05) is 0 Å². The van der Waals surface area contributed by atoms with Gasteiger partial charge in [0.1, 0.15) is 11.9 Å². The zero-order valence-electron chi connectivity index (χ0n) is 11.6. The number of allylic oxidation sites excluding steroid dienone is 2. The van der Waals surface area contributed by atoms with Gasteiger partial charge in [0.05, 0.1) is 0 Å². The number of aryl methyl sites for hydroxylation is 1. The number of benzene rings is 1. The Morgan fingerprint density at radius 3 is 2.89 bits per heavy atom. The average Bonchev–Trinajstić information content (AvgIpc) is 3.01. The van der Waals surface area contributed by atoms with Crippen LogP contribution in [-0.4, -0.2) is 6.10 Å². The van der Waals surface area contributed by atoms with Crippen LogP contribution in [-0.2, 0) is 0 Å². The molecule has 0 radical (unpaired) electrons. The second-order valence-corrected chi connectivity index (χ2v) is 6.59. The van der Waals surface area contributed by atoms with E-state index in [0.29, 0.717) is 6.10 Å². The van der Waals surface area contributed by atoms with Crippen LogP contribution in [0.2, 0.25) is 0 Å². The van der Waals surface area contributed by atoms with Crippen molar-refractivity contribution in [2.75, 3.05) is 0 Å². The maximum atomic E-state index is 6.37. The summed E-state index contributed by atoms with van der Waals surface area (Å²) in [4.78, 5) is 0. The number of hydrogen-bond acceptors (Lipinski definition) is 1. The fourth-order valence-corrected chi connectivity index (χ4v) is 4.67. The van der Waals surface area contributed by atoms with E-state index in [4.69, 9.17) is 4.74 Å². The van der Waals surface area contributed by atoms with Crippen LogP contribution in [0.1, 0.15) is 31.2 Å². The van der Waals surface area contributed by atoms with Crippen molar-refractivity contribution < 1.29 is 4.74 Å². The van der Waals surface area contributed by atoms with Crippen LogP contribution in [0.4, 0.5) is 0 Å². The molecule has 3 aliphatic rings. The summed E-state index contributed by atoms with van der Waals surface area (Å²) in [5.74, 6) is 4.41. The van der Waals surface area contributed by atoms with Gasteiger partial charge in [-0.25, -0.2) is 0 Å². The summed E-state index contributed by atoms with van der Waals surface area (Å²) in [7, 11) is 0. The predicted molar refractivity (Wildman–Crippen MR) is 77.2 cm³/mol. The van der Waals surface area contributed by atoms with Gasteiger partial charge in [0.15, 0.2) is 0 Å². The van der Waals surface area contributed by atoms with Crippen molar-refractivity contribution in [3.63, 3.8) is 0 Å². The number of rotatable bonds is 2. The van der Waals surface area contributed by atoms with Gasteiger partial charge >= 0.3 is 0 Å². The van der Waals surface area contributed by atoms with Crippen molar-refractivity contribution in [1.82, 2.24) is 0 Å². The maximum absolute atomic E-state index is 6.37. The molecule has 2 saturated carbocycles. The molecule has 0 aromatic heterocycles. The summed E-state index contributed by atoms with van der Waals surface area (Å²) in [6, 6.07) is 8.52. The Balaban J connectivity index is 1.56. The third-order valence-corrected chi connectivity index (χ3v) is 5.42. The zero-order valence-corrected chi connectivity index (χ0v) is 11.6. The Kier molecular flexibility index (Phi) is 2.68. The highest BCUT2D eigenvalue weighted by Crippen LogP contribution is 2.54. The molecule has 1 nitrogen and oxygen atoms in total. The van der Waals surface area contributed by atoms with E-state index in [-0.39, 0.29) is 0 Å². The van der Waals surface area contributed by atoms with Gasteiger partial charge in [-0.05, 0) is 68.1 Å². The van der Waals surface area contributed by atoms with Crippen molar-refractivity contribution in [3.05, 3.63) is 42.0 Å². The second kappa shape index (κ2) is 4.40. The lowest BCUT2D eigenvalue weighted by Gasteiger charge is -2.39. The summed E-state index contributed by atoms with van der Waals surface area (Å²) in [5, 5.41) is 0. The molecule has 1 aromatic rings. The quantitative estimate of drug-likeness (QED) is 0.712. The molecule has 0 unspecified atom stereocenters. The second-order valence-electron chi connectivity index (χ2n) is 6.59. The Bertz CT molecular complexity index is 504. The maximum Gasteiger partial charge on any atom is 0.119 e. The molecule has 2 bridgehead atoms. The standard InChI is InChI=1S/C18H22O/c1-12-4-2-5-15(10-12)19-17-7-3-6-16-13-8-9-14(11-13)18(16)17/h2,4-5,8-10,13-14,16-18H,3,6-7,11H2,1H3/t13-,14+,16-,17+,18-/m1/s1. The molecule has 3 aliphatic carbocycles. The molecule has 1 aromatic carbocycles. The highest BCUT2D eigenvalue weighted by atomic mass is 16.5. The first-order valence-electron chi connectivity index (χ1n) is 7.73. The molecule has 0 N–H and O–H groups in total. The molecule has 0 heterocycles. The van der Waals surface area contributed by atoms with Gasteiger partial charge in [-0.1, -0.05) is 24.3 Å². The van der Waals surface area contributed by atoms with Gasteiger partial charge in [-0.2, -0.15) is 0 Å². The average molecular weight is 254 g/mol. The molecule has 0 amide bonds. The first kappa shape index (κ1) is 11.6. The third kappa shape index (κ3) is 1.91. The van der Waals surface area contributed by atoms with Crippen LogP contribution < -0.4 is 4.74 Å². The Labute approximate surface area is 115 Å². The first-order chi connectivity index (χ1) is 9.31. The van der Waals surface area contributed by atoms with Crippen LogP contribution in [0.5, 0.6) is 5.75 Å². The molecule has 19 heavy (non-hydrogen) atoms. The molecule has 5 atom stereocenters. The molecular weight excluding hydrogens is 232 g/mol. The van der Waals surface area contributed by atoms with Crippen LogP contribution in [0.3, 0.4) is 0 Å². The molecule has 100 valence electrons. The van der Waals surface area contributed by atoms with E-state index in [0.717, 1.165) is 29.4 Å². The van der Waals surface area contributed by atoms with Gasteiger partial charge in [-0.15, -0.1) is 0 Å². The minimum Gasteiger partial charge on any atom is -0.490 e. The smallest absolute Gasteiger partial charge is 0.119 e. The zero-order chi connectivity index (χ0) is 12.8. The number of hydrogen-bond donors (Lipinski definition) is 0. The van der Waals surface area contributed by atoms with Crippen molar-refractivity contribution in [2.24, 2.45) is 23.7 Å². The summed E-state index contributed by atoms with van der Waals surface area (Å²) in [6.45, 7) is 2.14. The third-order valence-electron chi connectivity index (χ3n) is 5.42. The molecule has 0 aliphatic heterocycles. The van der Waals surface area contributed by atoms with Crippen molar-refractivity contribution >= 4 is 0 Å². The van der Waals surface area contributed by atoms with Crippen molar-refractivity contribution in [2.45, 2.75) is 38.7 Å². The monoisotopic (exact) mass is 254 g/mol. The van der Waals surface area contributed by atoms with E-state index in [2.05, 4.69) is 43.3 Å². The Morgan fingerprint density at radius 2 is 2.00 bits per heavy atom. The van der Waals surface area contributed by atoms with E-state index >= 15 is 0 Å². The van der Waals surface area contributed by atoms with E-state index < -0.39 is 0 Å². The van der Waals surface area contributed by atoms with Gasteiger partial charge in [0.2, 0.25) is 0 Å². The highest BCUT2D eigenvalue weighted by Gasteiger charge is 2.50. The molecule has 0 spiro atoms. The number of fused-ring (bicyclic) bond motifs is 5. The largest absolute Gasteiger partial charge is 0.490 e. The normalized spacial score (nSPS) is 39.3. The minimum atomic E-state index is 0.445. The number of ether oxygens (including phenoxy) is 1. The minimum absolute atomic E-state index is 0.445. The predicted octanol–water partition coefficient (Wildman–Crippen LogP) is 4.36. The van der Waals surface area contributed by atoms with Gasteiger partial charge in [0.25, 0.3) is 0 Å². The highest BCUT2D eigenvalue weighted by molar-refractivity contribution is 5.28. The molecular formula is C18H22O. The molecule has 1 heteroatoms. The van der Waals surface area contributed by atoms with Crippen LogP contribution in [0.25, 0.3) is 0 Å². The summed E-state index contributed by atoms with van der Waals surface area (Å²) < 4.78 is 6.37. The van der Waals surface area contributed by atoms with E-state index in [1.54, 1.807) is 0 Å². The van der Waals surface area contributed by atoms with Crippen LogP contribution in [0, 0.1) is 30.6 Å². The summed E-state index contributed by atoms with van der Waals surface area (Å²) >= 11 is 0. The van der Waals surface area contributed by atoms with Gasteiger partial charge < -0.3 is 4.74 Å². The Hall–Kier alpha value is -1.24. The van der Waals surface area contributed by atoms with Crippen LogP contribution >= 0.6 is 0 Å². The van der Waals surface area contributed by atoms with Crippen LogP contribution in [0.15, 0.2) is 36.4 Å². The van der Waals surface area contributed by atoms with Gasteiger partial charge in [-0.3, -0.25) is 0 Å². The van der Waals surface area contributed by atoms with Crippen molar-refractivity contribution in [3.8, 4) is 5.75 Å². The lowest BCUT2D eigenvalue weighted by Crippen LogP contribution is -2.38. The first-order valence-corrected chi connectivity index (χ1v) is 7.73. The van der Waals surface area contributed by atoms with E-state index in [9.17, 15) is 0 Å². The fourth-order valence-electron chi connectivity index (χ4n) is 4.67. The van der Waals surface area contributed by atoms with Crippen molar-refractivity contribution in [1.29, 1.82) is 0 Å². The summed E-state index contributed by atoms with van der Waals surface area (Å²) in [5.41, 5.74) is 1.29. The lowest BCUT2D eigenvalue weighted by molar-refractivity contribution is 0.0455. The molecule has 0 saturated heterocycles. The lowest BCUT2D eigenvalue weighted by atomic mass is 9.72.